The molecular weight excluding hydrogens is 270 g/mol. The minimum absolute atomic E-state index is 0.206. The second kappa shape index (κ2) is 8.29. The predicted octanol–water partition coefficient (Wildman–Crippen LogP) is 2.56. The molecule has 0 aliphatic heterocycles. The van der Waals surface area contributed by atoms with Crippen LogP contribution in [-0.2, 0) is 4.79 Å². The molecule has 5 nitrogen and oxygen atoms in total. The Morgan fingerprint density at radius 3 is 2.33 bits per heavy atom. The lowest BCUT2D eigenvalue weighted by atomic mass is 10.1. The van der Waals surface area contributed by atoms with E-state index in [1.807, 2.05) is 0 Å². The van der Waals surface area contributed by atoms with Gasteiger partial charge in [-0.1, -0.05) is 20.8 Å². The summed E-state index contributed by atoms with van der Waals surface area (Å²) in [5, 5.41) is 11.5. The summed E-state index contributed by atoms with van der Waals surface area (Å²) in [6.07, 6.45) is 0.413. The Labute approximate surface area is 125 Å². The summed E-state index contributed by atoms with van der Waals surface area (Å²) in [4.78, 5) is 22.5. The average Bonchev–Trinajstić information content (AvgIpc) is 2.45. The summed E-state index contributed by atoms with van der Waals surface area (Å²) in [5.74, 6) is -0.333. The van der Waals surface area contributed by atoms with Gasteiger partial charge in [0.2, 0.25) is 0 Å². The molecule has 0 radical (unpaired) electrons. The van der Waals surface area contributed by atoms with Gasteiger partial charge in [-0.25, -0.2) is 0 Å². The number of carboxylic acids is 1. The minimum atomic E-state index is -0.851. The monoisotopic (exact) mass is 293 g/mol. The molecule has 21 heavy (non-hydrogen) atoms. The molecule has 0 bridgehead atoms. The summed E-state index contributed by atoms with van der Waals surface area (Å²) in [6.45, 7) is 6.74. The molecule has 1 unspecified atom stereocenters. The molecule has 0 saturated heterocycles. The lowest BCUT2D eigenvalue weighted by Gasteiger charge is -2.10. The summed E-state index contributed by atoms with van der Waals surface area (Å²) >= 11 is 0. The number of hydrogen-bond acceptors (Lipinski definition) is 3. The van der Waals surface area contributed by atoms with Crippen molar-refractivity contribution in [2.24, 2.45) is 11.8 Å². The van der Waals surface area contributed by atoms with Crippen molar-refractivity contribution >= 4 is 11.9 Å². The summed E-state index contributed by atoms with van der Waals surface area (Å²) in [6, 6.07) is 6.92. The number of aliphatic carboxylic acids is 1. The van der Waals surface area contributed by atoms with Gasteiger partial charge in [0.25, 0.3) is 5.91 Å². The number of carbonyl (C=O) groups excluding carboxylic acids is 1. The van der Waals surface area contributed by atoms with Gasteiger partial charge < -0.3 is 15.2 Å². The molecule has 0 saturated carbocycles. The molecule has 0 aliphatic rings. The van der Waals surface area contributed by atoms with Gasteiger partial charge >= 0.3 is 5.97 Å². The Balaban J connectivity index is 2.42. The van der Waals surface area contributed by atoms with Gasteiger partial charge in [0, 0.05) is 12.1 Å². The number of benzene rings is 1. The molecule has 116 valence electrons. The largest absolute Gasteiger partial charge is 0.493 e. The summed E-state index contributed by atoms with van der Waals surface area (Å²) < 4.78 is 5.54. The van der Waals surface area contributed by atoms with Crippen LogP contribution in [0.5, 0.6) is 5.75 Å². The number of carboxylic acid groups (broad SMARTS) is 1. The van der Waals surface area contributed by atoms with Gasteiger partial charge in [0.1, 0.15) is 5.75 Å². The topological polar surface area (TPSA) is 75.6 Å². The van der Waals surface area contributed by atoms with Crippen LogP contribution in [0.1, 0.15) is 37.6 Å². The van der Waals surface area contributed by atoms with Crippen LogP contribution < -0.4 is 10.1 Å². The molecule has 1 amide bonds. The zero-order valence-corrected chi connectivity index (χ0v) is 12.8. The lowest BCUT2D eigenvalue weighted by Crippen LogP contribution is -2.26. The average molecular weight is 293 g/mol. The quantitative estimate of drug-likeness (QED) is 0.772. The van der Waals surface area contributed by atoms with Crippen molar-refractivity contribution < 1.29 is 19.4 Å². The summed E-state index contributed by atoms with van der Waals surface area (Å²) in [7, 11) is 0. The number of rotatable bonds is 8. The van der Waals surface area contributed by atoms with Crippen LogP contribution in [0.25, 0.3) is 0 Å². The molecule has 0 spiro atoms. The van der Waals surface area contributed by atoms with E-state index in [0.717, 1.165) is 5.75 Å². The standard InChI is InChI=1S/C16H23NO4/c1-11(2)10-21-14-6-4-13(5-7-14)15(18)17-9-8-12(3)16(19)20/h4-7,11-12H,8-10H2,1-3H3,(H,17,18)(H,19,20). The van der Waals surface area contributed by atoms with Crippen molar-refractivity contribution in [3.8, 4) is 5.75 Å². The minimum Gasteiger partial charge on any atom is -0.493 e. The van der Waals surface area contributed by atoms with E-state index in [9.17, 15) is 9.59 Å². The second-order valence-electron chi connectivity index (χ2n) is 5.51. The maximum Gasteiger partial charge on any atom is 0.306 e. The molecular formula is C16H23NO4. The number of hydrogen-bond donors (Lipinski definition) is 2. The van der Waals surface area contributed by atoms with Gasteiger partial charge in [-0.05, 0) is 36.6 Å². The SMILES string of the molecule is CC(C)COc1ccc(C(=O)NCCC(C)C(=O)O)cc1. The molecule has 5 heteroatoms. The first-order chi connectivity index (χ1) is 9.90. The van der Waals surface area contributed by atoms with Gasteiger partial charge in [0.05, 0.1) is 12.5 Å². The third kappa shape index (κ3) is 6.29. The highest BCUT2D eigenvalue weighted by Crippen LogP contribution is 2.13. The number of nitrogens with one attached hydrogen (secondary N) is 1. The molecule has 1 atom stereocenters. The van der Waals surface area contributed by atoms with E-state index in [4.69, 9.17) is 9.84 Å². The Morgan fingerprint density at radius 2 is 1.81 bits per heavy atom. The first-order valence-corrected chi connectivity index (χ1v) is 7.14. The highest BCUT2D eigenvalue weighted by molar-refractivity contribution is 5.94. The van der Waals surface area contributed by atoms with Crippen LogP contribution in [0, 0.1) is 11.8 Å². The van der Waals surface area contributed by atoms with Crippen LogP contribution in [0.3, 0.4) is 0 Å². The van der Waals surface area contributed by atoms with E-state index in [1.165, 1.54) is 0 Å². The molecule has 0 heterocycles. The fourth-order valence-electron chi connectivity index (χ4n) is 1.59. The third-order valence-electron chi connectivity index (χ3n) is 2.98. The Bertz CT molecular complexity index is 468. The molecule has 0 aliphatic carbocycles. The highest BCUT2D eigenvalue weighted by Gasteiger charge is 2.11. The zero-order valence-electron chi connectivity index (χ0n) is 12.8. The van der Waals surface area contributed by atoms with E-state index in [2.05, 4.69) is 19.2 Å². The number of ether oxygens (including phenoxy) is 1. The first kappa shape index (κ1) is 17.0. The van der Waals surface area contributed by atoms with Crippen molar-refractivity contribution in [3.05, 3.63) is 29.8 Å². The molecule has 0 fully saturated rings. The third-order valence-corrected chi connectivity index (χ3v) is 2.98. The fourth-order valence-corrected chi connectivity index (χ4v) is 1.59. The van der Waals surface area contributed by atoms with Crippen molar-refractivity contribution in [3.63, 3.8) is 0 Å². The van der Waals surface area contributed by atoms with Gasteiger partial charge in [-0.3, -0.25) is 9.59 Å². The maximum atomic E-state index is 11.9. The number of carbonyl (C=O) groups is 2. The van der Waals surface area contributed by atoms with E-state index in [1.54, 1.807) is 31.2 Å². The van der Waals surface area contributed by atoms with Crippen LogP contribution in [0.2, 0.25) is 0 Å². The molecule has 1 rings (SSSR count). The van der Waals surface area contributed by atoms with Gasteiger partial charge in [-0.2, -0.15) is 0 Å². The van der Waals surface area contributed by atoms with Crippen molar-refractivity contribution in [1.82, 2.24) is 5.32 Å². The predicted molar refractivity (Wildman–Crippen MR) is 80.5 cm³/mol. The smallest absolute Gasteiger partial charge is 0.306 e. The van der Waals surface area contributed by atoms with E-state index >= 15 is 0 Å². The van der Waals surface area contributed by atoms with Crippen LogP contribution in [0.4, 0.5) is 0 Å². The first-order valence-electron chi connectivity index (χ1n) is 7.14. The van der Waals surface area contributed by atoms with Crippen LogP contribution in [-0.4, -0.2) is 30.1 Å². The molecule has 1 aromatic carbocycles. The van der Waals surface area contributed by atoms with E-state index < -0.39 is 11.9 Å². The maximum absolute atomic E-state index is 11.9. The second-order valence-corrected chi connectivity index (χ2v) is 5.51. The van der Waals surface area contributed by atoms with Crippen LogP contribution >= 0.6 is 0 Å². The molecule has 1 aromatic rings. The van der Waals surface area contributed by atoms with E-state index in [0.29, 0.717) is 31.1 Å². The van der Waals surface area contributed by atoms with Crippen molar-refractivity contribution in [2.75, 3.05) is 13.2 Å². The molecule has 0 aromatic heterocycles. The van der Waals surface area contributed by atoms with Gasteiger partial charge in [0.15, 0.2) is 0 Å². The number of amides is 1. The van der Waals surface area contributed by atoms with Gasteiger partial charge in [-0.15, -0.1) is 0 Å². The normalized spacial score (nSPS) is 12.0. The fraction of sp³-hybridized carbons (Fsp3) is 0.500. The Hall–Kier alpha value is -2.04. The zero-order chi connectivity index (χ0) is 15.8. The summed E-state index contributed by atoms with van der Waals surface area (Å²) in [5.41, 5.74) is 0.537. The Morgan fingerprint density at radius 1 is 1.19 bits per heavy atom. The molecule has 2 N–H and O–H groups in total. The Kier molecular flexibility index (Phi) is 6.72. The van der Waals surface area contributed by atoms with E-state index in [-0.39, 0.29) is 5.91 Å². The van der Waals surface area contributed by atoms with Crippen molar-refractivity contribution in [2.45, 2.75) is 27.2 Å². The van der Waals surface area contributed by atoms with Crippen LogP contribution in [0.15, 0.2) is 24.3 Å². The highest BCUT2D eigenvalue weighted by atomic mass is 16.5. The lowest BCUT2D eigenvalue weighted by molar-refractivity contribution is -0.141. The van der Waals surface area contributed by atoms with Crippen molar-refractivity contribution in [1.29, 1.82) is 0 Å².